The number of guanidine groups is 1. The fourth-order valence-corrected chi connectivity index (χ4v) is 1.06. The summed E-state index contributed by atoms with van der Waals surface area (Å²) in [5.74, 6) is -3.28. The van der Waals surface area contributed by atoms with Crippen LogP contribution >= 0.6 is 0 Å². The number of hydrogen-bond donors (Lipinski definition) is 4. The Morgan fingerprint density at radius 2 is 1.43 bits per heavy atom. The van der Waals surface area contributed by atoms with Crippen LogP contribution in [0.25, 0.3) is 0 Å². The Kier molecular flexibility index (Phi) is 5.31. The summed E-state index contributed by atoms with van der Waals surface area (Å²) in [6, 6.07) is 0.171. The van der Waals surface area contributed by atoms with Crippen molar-refractivity contribution >= 4 is 23.0 Å². The molecule has 114 valence electrons. The highest BCUT2D eigenvalue weighted by molar-refractivity contribution is 5.73. The molecule has 0 saturated heterocycles. The minimum absolute atomic E-state index is 0.0833. The van der Waals surface area contributed by atoms with Crippen molar-refractivity contribution in [1.82, 2.24) is 0 Å². The van der Waals surface area contributed by atoms with Crippen LogP contribution in [0.1, 0.15) is 0 Å². The number of nitrogens with zero attached hydrogens (tertiary/aromatic N) is 3. The van der Waals surface area contributed by atoms with Crippen molar-refractivity contribution in [3.05, 3.63) is 36.4 Å². The van der Waals surface area contributed by atoms with E-state index in [1.54, 1.807) is 0 Å². The van der Waals surface area contributed by atoms with Gasteiger partial charge in [0.1, 0.15) is 0 Å². The number of hydrogen-bond acceptors (Lipinski definition) is 8. The van der Waals surface area contributed by atoms with Gasteiger partial charge >= 0.3 is 17.3 Å². The van der Waals surface area contributed by atoms with E-state index in [1.807, 2.05) is 0 Å². The molecule has 0 aromatic heterocycles. The summed E-state index contributed by atoms with van der Waals surface area (Å²) in [4.78, 5) is 27.1. The zero-order chi connectivity index (χ0) is 16.9. The van der Waals surface area contributed by atoms with Crippen LogP contribution in [0.2, 0.25) is 0 Å². The molecule has 0 spiro atoms. The van der Waals surface area contributed by atoms with Gasteiger partial charge in [-0.2, -0.15) is 0 Å². The Morgan fingerprint density at radius 1 is 1.05 bits per heavy atom. The number of phenols is 1. The largest absolute Gasteiger partial charge is 0.863 e. The average Bonchev–Trinajstić information content (AvgIpc) is 2.26. The maximum atomic E-state index is 11.2. The smallest absolute Gasteiger partial charge is 0.336 e. The molecule has 0 bridgehead atoms. The number of benzene rings is 1. The van der Waals surface area contributed by atoms with Crippen LogP contribution in [0.3, 0.4) is 0 Å². The van der Waals surface area contributed by atoms with Crippen molar-refractivity contribution in [2.24, 2.45) is 11.5 Å². The molecule has 0 fully saturated rings. The maximum Gasteiger partial charge on any atom is 0.336 e. The number of rotatable bonds is 3. The Morgan fingerprint density at radius 3 is 1.71 bits per heavy atom. The molecule has 0 heterocycles. The monoisotopic (exact) mass is 304 g/mol. The third-order valence-electron chi connectivity index (χ3n) is 1.76. The van der Waals surface area contributed by atoms with Crippen LogP contribution in [0, 0.1) is 30.3 Å². The molecule has 0 aliphatic carbocycles. The predicted molar refractivity (Wildman–Crippen MR) is 62.8 cm³/mol. The van der Waals surface area contributed by atoms with Gasteiger partial charge in [0, 0.05) is 0 Å². The van der Waals surface area contributed by atoms with Gasteiger partial charge in [-0.25, -0.2) is 0 Å². The van der Waals surface area contributed by atoms with Crippen LogP contribution in [0.15, 0.2) is 6.07 Å². The van der Waals surface area contributed by atoms with Crippen LogP contribution in [0.4, 0.5) is 17.1 Å². The van der Waals surface area contributed by atoms with Crippen molar-refractivity contribution in [2.45, 2.75) is 0 Å². The van der Waals surface area contributed by atoms with E-state index in [-0.39, 0.29) is 12.0 Å². The molecule has 7 N–H and O–H groups in total. The van der Waals surface area contributed by atoms with Gasteiger partial charge in [0.25, 0.3) is 11.4 Å². The molecule has 0 saturated carbocycles. The highest BCUT2D eigenvalue weighted by Crippen LogP contribution is 2.46. The van der Waals surface area contributed by atoms with E-state index >= 15 is 0 Å². The zero-order valence-corrected chi connectivity index (χ0v) is 9.96. The summed E-state index contributed by atoms with van der Waals surface area (Å²) >= 11 is 0. The average molecular weight is 304 g/mol. The lowest BCUT2D eigenvalue weighted by molar-refractivity contribution is -0.421. The Labute approximate surface area is 114 Å². The Bertz CT molecular complexity index is 586. The van der Waals surface area contributed by atoms with E-state index in [2.05, 4.69) is 16.9 Å². The molecular formula is C7H8N6O8. The molecule has 0 radical (unpaired) electrons. The van der Waals surface area contributed by atoms with Crippen LogP contribution in [0.5, 0.6) is 11.5 Å². The number of aromatic hydroxyl groups is 1. The molecule has 0 atom stereocenters. The highest BCUT2D eigenvalue weighted by atomic mass is 16.6. The van der Waals surface area contributed by atoms with Gasteiger partial charge in [-0.15, -0.1) is 0 Å². The van der Waals surface area contributed by atoms with Crippen molar-refractivity contribution in [2.75, 3.05) is 0 Å². The van der Waals surface area contributed by atoms with Gasteiger partial charge in [-0.05, 0) is 0 Å². The SMILES string of the molecule is NC(N)=[NH2+].O=[N+]([O-])c1cc([N+](=O)[O-])c(O)c([N+](=O)[O-])c1[O-]. The normalized spacial score (nSPS) is 9.14. The lowest BCUT2D eigenvalue weighted by atomic mass is 10.2. The van der Waals surface area contributed by atoms with Crippen molar-refractivity contribution in [1.29, 1.82) is 0 Å². The first kappa shape index (κ1) is 17.3. The molecule has 0 amide bonds. The topological polar surface area (TPSA) is 250 Å². The molecule has 14 nitrogen and oxygen atoms in total. The molecule has 0 aliphatic heterocycles. The van der Waals surface area contributed by atoms with E-state index in [4.69, 9.17) is 5.11 Å². The number of nitro groups is 3. The van der Waals surface area contributed by atoms with E-state index < -0.39 is 43.3 Å². The first-order valence-electron chi connectivity index (χ1n) is 4.64. The third-order valence-corrected chi connectivity index (χ3v) is 1.76. The number of phenolic OH excluding ortho intramolecular Hbond substituents is 1. The van der Waals surface area contributed by atoms with Gasteiger partial charge in [-0.1, -0.05) is 0 Å². The highest BCUT2D eigenvalue weighted by Gasteiger charge is 2.32. The Balaban J connectivity index is 0.000000885. The van der Waals surface area contributed by atoms with Gasteiger partial charge in [0.15, 0.2) is 0 Å². The van der Waals surface area contributed by atoms with Crippen molar-refractivity contribution < 1.29 is 30.4 Å². The standard InChI is InChI=1S/C6H3N3O8.CH5N3/c10-5-2(7(12)13)1-3(8(14)15)6(11)4(5)9(16)17;2-1(3)4/h1,10-11H;(H5,2,3,4). The van der Waals surface area contributed by atoms with Gasteiger partial charge in [-0.3, -0.25) is 47.2 Å². The molecule has 1 rings (SSSR count). The second-order valence-corrected chi connectivity index (χ2v) is 3.21. The molecule has 1 aromatic carbocycles. The molecule has 0 unspecified atom stereocenters. The quantitative estimate of drug-likeness (QED) is 0.193. The summed E-state index contributed by atoms with van der Waals surface area (Å²) < 4.78 is 0. The van der Waals surface area contributed by atoms with Crippen LogP contribution in [-0.4, -0.2) is 25.8 Å². The summed E-state index contributed by atoms with van der Waals surface area (Å²) in [5, 5.41) is 56.0. The third kappa shape index (κ3) is 4.16. The van der Waals surface area contributed by atoms with Gasteiger partial charge in [0.05, 0.1) is 26.6 Å². The molecule has 0 aliphatic rings. The van der Waals surface area contributed by atoms with E-state index in [1.165, 1.54) is 0 Å². The number of nitro benzene ring substituents is 3. The van der Waals surface area contributed by atoms with Crippen molar-refractivity contribution in [3.8, 4) is 11.5 Å². The van der Waals surface area contributed by atoms with E-state index in [9.17, 15) is 35.4 Å². The van der Waals surface area contributed by atoms with Crippen LogP contribution in [-0.2, 0) is 0 Å². The first-order chi connectivity index (χ1) is 9.50. The first-order valence-corrected chi connectivity index (χ1v) is 4.64. The fourth-order valence-electron chi connectivity index (χ4n) is 1.06. The summed E-state index contributed by atoms with van der Waals surface area (Å²) in [6.45, 7) is 0. The van der Waals surface area contributed by atoms with E-state index in [0.29, 0.717) is 0 Å². The summed E-state index contributed by atoms with van der Waals surface area (Å²) in [6.07, 6.45) is 0. The fraction of sp³-hybridized carbons (Fsp3) is 0. The minimum Gasteiger partial charge on any atom is -0.863 e. The van der Waals surface area contributed by atoms with Gasteiger partial charge in [0.2, 0.25) is 0 Å². The second kappa shape index (κ2) is 6.45. The Hall–Kier alpha value is -3.71. The van der Waals surface area contributed by atoms with Gasteiger partial charge < -0.3 is 10.2 Å². The molecule has 14 heteroatoms. The molecular weight excluding hydrogens is 296 g/mol. The zero-order valence-electron chi connectivity index (χ0n) is 9.96. The number of nitrogens with two attached hydrogens (primary N) is 3. The lowest BCUT2D eigenvalue weighted by Crippen LogP contribution is -2.51. The van der Waals surface area contributed by atoms with Crippen LogP contribution < -0.4 is 22.0 Å². The minimum atomic E-state index is -1.69. The summed E-state index contributed by atoms with van der Waals surface area (Å²) in [5.41, 5.74) is 4.95. The maximum absolute atomic E-state index is 11.2. The van der Waals surface area contributed by atoms with E-state index in [0.717, 1.165) is 0 Å². The lowest BCUT2D eigenvalue weighted by Gasteiger charge is -2.08. The van der Waals surface area contributed by atoms with Crippen molar-refractivity contribution in [3.63, 3.8) is 0 Å². The second-order valence-electron chi connectivity index (χ2n) is 3.21. The molecule has 1 aromatic rings. The predicted octanol–water partition coefficient (Wildman–Crippen LogP) is -2.79. The summed E-state index contributed by atoms with van der Waals surface area (Å²) in [7, 11) is 0. The molecule has 21 heavy (non-hydrogen) atoms.